The van der Waals surface area contributed by atoms with Gasteiger partial charge in [-0.05, 0) is 67.9 Å². The van der Waals surface area contributed by atoms with E-state index in [9.17, 15) is 0 Å². The maximum atomic E-state index is 4.98. The van der Waals surface area contributed by atoms with Crippen LogP contribution in [0.25, 0.3) is 50.2 Å². The lowest BCUT2D eigenvalue weighted by atomic mass is 10.1. The van der Waals surface area contributed by atoms with Crippen molar-refractivity contribution in [1.82, 2.24) is 35.0 Å². The first-order chi connectivity index (χ1) is 16.9. The highest BCUT2D eigenvalue weighted by molar-refractivity contribution is 8.02. The van der Waals surface area contributed by atoms with Crippen LogP contribution in [0.2, 0.25) is 0 Å². The average Bonchev–Trinajstić information content (AvgIpc) is 3.45. The van der Waals surface area contributed by atoms with Gasteiger partial charge >= 0.3 is 0 Å². The molecule has 0 aliphatic heterocycles. The molecule has 0 saturated heterocycles. The van der Waals surface area contributed by atoms with Crippen LogP contribution in [0.3, 0.4) is 0 Å². The number of aromatic amines is 2. The minimum Gasteiger partial charge on any atom is -0.353 e. The fraction of sp³-hybridized carbons (Fsp3) is 0.259. The summed E-state index contributed by atoms with van der Waals surface area (Å²) in [5.41, 5.74) is 9.59. The summed E-state index contributed by atoms with van der Waals surface area (Å²) in [6.07, 6.45) is 5.61. The molecule has 35 heavy (non-hydrogen) atoms. The van der Waals surface area contributed by atoms with Crippen molar-refractivity contribution in [3.05, 3.63) is 65.6 Å². The van der Waals surface area contributed by atoms with Gasteiger partial charge in [-0.25, -0.2) is 4.98 Å². The van der Waals surface area contributed by atoms with Crippen molar-refractivity contribution in [1.29, 1.82) is 0 Å². The molecule has 0 atom stereocenters. The van der Waals surface area contributed by atoms with Crippen LogP contribution in [0.15, 0.2) is 54.3 Å². The topological polar surface area (TPSA) is 86.4 Å². The number of allylic oxidation sites excluding steroid dienone is 1. The van der Waals surface area contributed by atoms with Crippen LogP contribution in [0, 0.1) is 0 Å². The highest BCUT2D eigenvalue weighted by Crippen LogP contribution is 2.32. The third kappa shape index (κ3) is 4.85. The third-order valence-electron chi connectivity index (χ3n) is 5.69. The molecule has 0 amide bonds. The van der Waals surface area contributed by atoms with Crippen LogP contribution in [0.1, 0.15) is 32.0 Å². The zero-order chi connectivity index (χ0) is 24.5. The minimum absolute atomic E-state index is 0.528. The molecule has 2 N–H and O–H groups in total. The van der Waals surface area contributed by atoms with Crippen molar-refractivity contribution < 1.29 is 0 Å². The molecule has 0 saturated carbocycles. The van der Waals surface area contributed by atoms with E-state index in [-0.39, 0.29) is 0 Å². The summed E-state index contributed by atoms with van der Waals surface area (Å²) in [5.74, 6) is 0. The SMILES string of the molecule is C/C(=C\SC(C)C)c1nccc2[nH]c(-c3n[nH]c4ccc(-c5cncc(CN(C)C)c5)nc34)cc12. The van der Waals surface area contributed by atoms with Gasteiger partial charge in [-0.1, -0.05) is 13.8 Å². The summed E-state index contributed by atoms with van der Waals surface area (Å²) in [6.45, 7) is 7.32. The van der Waals surface area contributed by atoms with Crippen LogP contribution in [0.4, 0.5) is 0 Å². The Kier molecular flexibility index (Phi) is 6.40. The van der Waals surface area contributed by atoms with E-state index in [0.717, 1.165) is 68.0 Å². The largest absolute Gasteiger partial charge is 0.353 e. The van der Waals surface area contributed by atoms with Gasteiger partial charge < -0.3 is 9.88 Å². The van der Waals surface area contributed by atoms with Crippen molar-refractivity contribution in [2.24, 2.45) is 0 Å². The Morgan fingerprint density at radius 1 is 1.11 bits per heavy atom. The summed E-state index contributed by atoms with van der Waals surface area (Å²) in [6, 6.07) is 10.3. The molecule has 0 unspecified atom stereocenters. The first kappa shape index (κ1) is 23.3. The van der Waals surface area contributed by atoms with Crippen molar-refractivity contribution in [2.75, 3.05) is 14.1 Å². The summed E-state index contributed by atoms with van der Waals surface area (Å²) in [5, 5.41) is 11.5. The number of rotatable bonds is 7. The normalized spacial score (nSPS) is 12.5. The number of hydrogen-bond acceptors (Lipinski definition) is 6. The standard InChI is InChI=1S/C27H29N7S/c1-16(2)35-15-17(3)25-20-11-24(30-22(20)8-9-29-25)27-26-23(32-33-27)7-6-21(31-26)19-10-18(12-28-13-19)14-34(4)5/h6-13,15-16,30H,14H2,1-5H3,(H,32,33)/b17-15+. The van der Waals surface area contributed by atoms with Crippen molar-refractivity contribution in [3.63, 3.8) is 0 Å². The first-order valence-electron chi connectivity index (χ1n) is 11.6. The molecule has 0 bridgehead atoms. The van der Waals surface area contributed by atoms with E-state index in [1.54, 1.807) is 11.8 Å². The van der Waals surface area contributed by atoms with Crippen LogP contribution in [-0.4, -0.2) is 54.4 Å². The van der Waals surface area contributed by atoms with Gasteiger partial charge in [-0.15, -0.1) is 11.8 Å². The average molecular weight is 484 g/mol. The summed E-state index contributed by atoms with van der Waals surface area (Å²) in [4.78, 5) is 19.7. The number of nitrogens with zero attached hydrogens (tertiary/aromatic N) is 5. The highest BCUT2D eigenvalue weighted by atomic mass is 32.2. The van der Waals surface area contributed by atoms with E-state index in [1.165, 1.54) is 0 Å². The number of nitrogens with one attached hydrogen (secondary N) is 2. The third-order valence-corrected chi connectivity index (χ3v) is 6.72. The van der Waals surface area contributed by atoms with E-state index >= 15 is 0 Å². The maximum absolute atomic E-state index is 4.98. The fourth-order valence-electron chi connectivity index (χ4n) is 4.12. The highest BCUT2D eigenvalue weighted by Gasteiger charge is 2.16. The molecule has 0 aliphatic rings. The molecule has 0 aliphatic carbocycles. The van der Waals surface area contributed by atoms with Crippen LogP contribution < -0.4 is 0 Å². The summed E-state index contributed by atoms with van der Waals surface area (Å²) < 4.78 is 0. The molecule has 8 heteroatoms. The van der Waals surface area contributed by atoms with E-state index in [0.29, 0.717) is 5.25 Å². The second-order valence-electron chi connectivity index (χ2n) is 9.27. The Morgan fingerprint density at radius 3 is 2.77 bits per heavy atom. The molecular formula is C27H29N7S. The Labute approximate surface area is 209 Å². The van der Waals surface area contributed by atoms with Crippen LogP contribution in [-0.2, 0) is 6.54 Å². The second-order valence-corrected chi connectivity index (χ2v) is 10.7. The summed E-state index contributed by atoms with van der Waals surface area (Å²) >= 11 is 1.81. The van der Waals surface area contributed by atoms with Crippen LogP contribution in [0.5, 0.6) is 0 Å². The van der Waals surface area contributed by atoms with Crippen molar-refractivity contribution in [3.8, 4) is 22.6 Å². The molecule has 5 heterocycles. The monoisotopic (exact) mass is 483 g/mol. The lowest BCUT2D eigenvalue weighted by molar-refractivity contribution is 0.402. The molecule has 178 valence electrons. The second kappa shape index (κ2) is 9.64. The van der Waals surface area contributed by atoms with Gasteiger partial charge in [0.15, 0.2) is 0 Å². The quantitative estimate of drug-likeness (QED) is 0.290. The maximum Gasteiger partial charge on any atom is 0.135 e. The predicted octanol–water partition coefficient (Wildman–Crippen LogP) is 6.13. The zero-order valence-corrected chi connectivity index (χ0v) is 21.4. The minimum atomic E-state index is 0.528. The number of fused-ring (bicyclic) bond motifs is 2. The Balaban J connectivity index is 1.56. The van der Waals surface area contributed by atoms with Gasteiger partial charge in [0, 0.05) is 46.9 Å². The number of H-pyrrole nitrogens is 2. The molecule has 7 nitrogen and oxygen atoms in total. The molecular weight excluding hydrogens is 454 g/mol. The van der Waals surface area contributed by atoms with Gasteiger partial charge in [-0.2, -0.15) is 5.10 Å². The van der Waals surface area contributed by atoms with E-state index in [2.05, 4.69) is 82.5 Å². The van der Waals surface area contributed by atoms with Gasteiger partial charge in [0.1, 0.15) is 11.2 Å². The number of pyridine rings is 3. The van der Waals surface area contributed by atoms with Crippen molar-refractivity contribution >= 4 is 39.3 Å². The van der Waals surface area contributed by atoms with E-state index < -0.39 is 0 Å². The van der Waals surface area contributed by atoms with Gasteiger partial charge in [-0.3, -0.25) is 15.1 Å². The molecule has 5 rings (SSSR count). The van der Waals surface area contributed by atoms with Gasteiger partial charge in [0.2, 0.25) is 0 Å². The molecule has 0 radical (unpaired) electrons. The van der Waals surface area contributed by atoms with E-state index in [1.807, 2.05) is 36.8 Å². The smallest absolute Gasteiger partial charge is 0.135 e. The summed E-state index contributed by atoms with van der Waals surface area (Å²) in [7, 11) is 4.10. The van der Waals surface area contributed by atoms with E-state index in [4.69, 9.17) is 4.98 Å². The predicted molar refractivity (Wildman–Crippen MR) is 146 cm³/mol. The molecule has 0 aromatic carbocycles. The molecule has 5 aromatic rings. The Hall–Kier alpha value is -3.49. The molecule has 0 fully saturated rings. The number of aromatic nitrogens is 6. The first-order valence-corrected chi connectivity index (χ1v) is 12.6. The van der Waals surface area contributed by atoms with Crippen LogP contribution >= 0.6 is 11.8 Å². The number of thioether (sulfide) groups is 1. The Bertz CT molecular complexity index is 1530. The lowest BCUT2D eigenvalue weighted by Crippen LogP contribution is -2.10. The molecule has 0 spiro atoms. The lowest BCUT2D eigenvalue weighted by Gasteiger charge is -2.10. The van der Waals surface area contributed by atoms with Gasteiger partial charge in [0.25, 0.3) is 0 Å². The fourth-order valence-corrected chi connectivity index (χ4v) is 4.70. The zero-order valence-electron chi connectivity index (χ0n) is 20.6. The van der Waals surface area contributed by atoms with Crippen molar-refractivity contribution in [2.45, 2.75) is 32.6 Å². The number of hydrogen-bond donors (Lipinski definition) is 2. The Morgan fingerprint density at radius 2 is 1.97 bits per heavy atom. The molecule has 5 aromatic heterocycles. The van der Waals surface area contributed by atoms with Gasteiger partial charge in [0.05, 0.1) is 22.6 Å².